The van der Waals surface area contributed by atoms with Gasteiger partial charge in [-0.15, -0.1) is 0 Å². The fraction of sp³-hybridized carbons (Fsp3) is 0.579. The third-order valence-electron chi connectivity index (χ3n) is 6.00. The molecule has 0 bridgehead atoms. The van der Waals surface area contributed by atoms with E-state index in [0.29, 0.717) is 19.6 Å². The van der Waals surface area contributed by atoms with Crippen molar-refractivity contribution in [2.75, 3.05) is 13.2 Å². The third kappa shape index (κ3) is 2.51. The number of hydrogen-bond acceptors (Lipinski definition) is 3. The normalized spacial score (nSPS) is 33.9. The van der Waals surface area contributed by atoms with Crippen molar-refractivity contribution in [1.29, 1.82) is 0 Å². The first kappa shape index (κ1) is 15.6. The Morgan fingerprint density at radius 2 is 2.12 bits per heavy atom. The standard InChI is InChI=1S/C19H23NO4/c21-16(22)11-18(8-9-24-12-18)20-17(23)15-10-19(15)7-3-5-13-4-1-2-6-14(13)19/h1-2,4,6,15H,3,5,7-12H2,(H,20,23)(H,21,22). The summed E-state index contributed by atoms with van der Waals surface area (Å²) in [4.78, 5) is 24.1. The molecule has 2 N–H and O–H groups in total. The largest absolute Gasteiger partial charge is 0.481 e. The van der Waals surface area contributed by atoms with Crippen molar-refractivity contribution in [2.45, 2.75) is 49.5 Å². The summed E-state index contributed by atoms with van der Waals surface area (Å²) in [6, 6.07) is 8.44. The second-order valence-electron chi connectivity index (χ2n) is 7.57. The third-order valence-corrected chi connectivity index (χ3v) is 6.00. The Kier molecular flexibility index (Phi) is 3.64. The SMILES string of the molecule is O=C(O)CC1(NC(=O)C2CC23CCCc2ccccc23)CCOC1. The predicted octanol–water partition coefficient (Wildman–Crippen LogP) is 2.03. The molecule has 4 rings (SSSR count). The number of hydrogen-bond donors (Lipinski definition) is 2. The lowest BCUT2D eigenvalue weighted by atomic mass is 9.78. The summed E-state index contributed by atoms with van der Waals surface area (Å²) in [5, 5.41) is 12.2. The van der Waals surface area contributed by atoms with Crippen molar-refractivity contribution in [3.8, 4) is 0 Å². The lowest BCUT2D eigenvalue weighted by Crippen LogP contribution is -2.51. The quantitative estimate of drug-likeness (QED) is 0.886. The Morgan fingerprint density at radius 1 is 1.29 bits per heavy atom. The summed E-state index contributed by atoms with van der Waals surface area (Å²) >= 11 is 0. The molecule has 1 spiro atoms. The number of benzene rings is 1. The topological polar surface area (TPSA) is 75.6 Å². The maximum absolute atomic E-state index is 12.9. The first-order valence-corrected chi connectivity index (χ1v) is 8.75. The molecule has 0 radical (unpaired) electrons. The lowest BCUT2D eigenvalue weighted by molar-refractivity contribution is -0.139. The molecule has 2 aliphatic carbocycles. The van der Waals surface area contributed by atoms with Crippen LogP contribution in [0.4, 0.5) is 0 Å². The molecule has 1 heterocycles. The van der Waals surface area contributed by atoms with E-state index in [4.69, 9.17) is 4.74 Å². The van der Waals surface area contributed by atoms with Crippen LogP contribution >= 0.6 is 0 Å². The van der Waals surface area contributed by atoms with Crippen LogP contribution in [-0.2, 0) is 26.2 Å². The highest BCUT2D eigenvalue weighted by atomic mass is 16.5. The Bertz CT molecular complexity index is 680. The Labute approximate surface area is 141 Å². The van der Waals surface area contributed by atoms with Crippen LogP contribution in [0.3, 0.4) is 0 Å². The van der Waals surface area contributed by atoms with Crippen molar-refractivity contribution in [1.82, 2.24) is 5.32 Å². The number of carboxylic acid groups (broad SMARTS) is 1. The van der Waals surface area contributed by atoms with Crippen LogP contribution in [0.1, 0.15) is 43.2 Å². The number of aryl methyl sites for hydroxylation is 1. The van der Waals surface area contributed by atoms with E-state index in [0.717, 1.165) is 25.7 Å². The van der Waals surface area contributed by atoms with Crippen LogP contribution < -0.4 is 5.32 Å². The second-order valence-corrected chi connectivity index (χ2v) is 7.57. The van der Waals surface area contributed by atoms with Crippen LogP contribution in [0, 0.1) is 5.92 Å². The van der Waals surface area contributed by atoms with Crippen molar-refractivity contribution in [2.24, 2.45) is 5.92 Å². The van der Waals surface area contributed by atoms with E-state index in [1.54, 1.807) is 0 Å². The molecular formula is C19H23NO4. The number of aliphatic carboxylic acids is 1. The van der Waals surface area contributed by atoms with Crippen LogP contribution in [0.15, 0.2) is 24.3 Å². The van der Waals surface area contributed by atoms with Gasteiger partial charge in [-0.3, -0.25) is 9.59 Å². The van der Waals surface area contributed by atoms with Gasteiger partial charge in [0.05, 0.1) is 18.6 Å². The van der Waals surface area contributed by atoms with Gasteiger partial charge in [-0.2, -0.15) is 0 Å². The lowest BCUT2D eigenvalue weighted by Gasteiger charge is -2.29. The zero-order valence-electron chi connectivity index (χ0n) is 13.7. The van der Waals surface area contributed by atoms with E-state index < -0.39 is 11.5 Å². The smallest absolute Gasteiger partial charge is 0.305 e. The van der Waals surface area contributed by atoms with E-state index in [-0.39, 0.29) is 23.7 Å². The van der Waals surface area contributed by atoms with Gasteiger partial charge in [0, 0.05) is 17.9 Å². The fourth-order valence-corrected chi connectivity index (χ4v) is 4.70. The first-order valence-electron chi connectivity index (χ1n) is 8.75. The van der Waals surface area contributed by atoms with Gasteiger partial charge in [-0.25, -0.2) is 0 Å². The van der Waals surface area contributed by atoms with E-state index in [2.05, 4.69) is 29.6 Å². The highest BCUT2D eigenvalue weighted by Gasteiger charge is 2.60. The Balaban J connectivity index is 1.52. The number of fused-ring (bicyclic) bond motifs is 2. The monoisotopic (exact) mass is 329 g/mol. The van der Waals surface area contributed by atoms with Crippen molar-refractivity contribution >= 4 is 11.9 Å². The minimum absolute atomic E-state index is 0.00143. The number of rotatable bonds is 4. The number of ether oxygens (including phenoxy) is 1. The molecular weight excluding hydrogens is 306 g/mol. The summed E-state index contributed by atoms with van der Waals surface area (Å²) in [5.74, 6) is -0.932. The Morgan fingerprint density at radius 3 is 2.88 bits per heavy atom. The number of amides is 1. The maximum atomic E-state index is 12.9. The molecule has 1 saturated heterocycles. The predicted molar refractivity (Wildman–Crippen MR) is 87.7 cm³/mol. The zero-order valence-corrected chi connectivity index (χ0v) is 13.7. The number of carbonyl (C=O) groups excluding carboxylic acids is 1. The van der Waals surface area contributed by atoms with Crippen LogP contribution in [0.2, 0.25) is 0 Å². The van der Waals surface area contributed by atoms with Gasteiger partial charge < -0.3 is 15.2 Å². The molecule has 3 aliphatic rings. The van der Waals surface area contributed by atoms with Gasteiger partial charge in [0.15, 0.2) is 0 Å². The highest BCUT2D eigenvalue weighted by Crippen LogP contribution is 2.60. The number of carbonyl (C=O) groups is 2. The molecule has 1 aromatic rings. The first-order chi connectivity index (χ1) is 11.5. The number of carboxylic acids is 1. The summed E-state index contributed by atoms with van der Waals surface area (Å²) < 4.78 is 5.38. The van der Waals surface area contributed by atoms with E-state index in [1.807, 2.05) is 0 Å². The van der Waals surface area contributed by atoms with E-state index >= 15 is 0 Å². The minimum atomic E-state index is -0.894. The van der Waals surface area contributed by atoms with E-state index in [1.165, 1.54) is 11.1 Å². The van der Waals surface area contributed by atoms with Gasteiger partial charge in [0.2, 0.25) is 5.91 Å². The molecule has 0 aromatic heterocycles. The van der Waals surface area contributed by atoms with Crippen molar-refractivity contribution in [3.05, 3.63) is 35.4 Å². The molecule has 1 saturated carbocycles. The number of nitrogens with one attached hydrogen (secondary N) is 1. The van der Waals surface area contributed by atoms with Crippen molar-refractivity contribution in [3.63, 3.8) is 0 Å². The molecule has 2 fully saturated rings. The van der Waals surface area contributed by atoms with Crippen LogP contribution in [0.25, 0.3) is 0 Å². The molecule has 24 heavy (non-hydrogen) atoms. The summed E-state index contributed by atoms with van der Waals surface area (Å²) in [6.07, 6.45) is 4.62. The molecule has 5 nitrogen and oxygen atoms in total. The average molecular weight is 329 g/mol. The fourth-order valence-electron chi connectivity index (χ4n) is 4.70. The summed E-state index contributed by atoms with van der Waals surface area (Å²) in [6.45, 7) is 0.799. The molecule has 128 valence electrons. The summed E-state index contributed by atoms with van der Waals surface area (Å²) in [7, 11) is 0. The van der Waals surface area contributed by atoms with Crippen LogP contribution in [-0.4, -0.2) is 35.7 Å². The Hall–Kier alpha value is -1.88. The van der Waals surface area contributed by atoms with Gasteiger partial charge >= 0.3 is 5.97 Å². The van der Waals surface area contributed by atoms with Gasteiger partial charge in [-0.05, 0) is 43.2 Å². The van der Waals surface area contributed by atoms with Crippen molar-refractivity contribution < 1.29 is 19.4 Å². The molecule has 5 heteroatoms. The molecule has 3 unspecified atom stereocenters. The van der Waals surface area contributed by atoms with Gasteiger partial charge in [-0.1, -0.05) is 24.3 Å². The van der Waals surface area contributed by atoms with Gasteiger partial charge in [0.25, 0.3) is 0 Å². The zero-order chi connectivity index (χ0) is 16.8. The molecule has 1 aromatic carbocycles. The highest BCUT2D eigenvalue weighted by molar-refractivity contribution is 5.86. The second kappa shape index (κ2) is 5.59. The van der Waals surface area contributed by atoms with Crippen LogP contribution in [0.5, 0.6) is 0 Å². The van der Waals surface area contributed by atoms with E-state index in [9.17, 15) is 14.7 Å². The molecule has 1 amide bonds. The maximum Gasteiger partial charge on any atom is 0.305 e. The molecule has 1 aliphatic heterocycles. The average Bonchev–Trinajstić information content (AvgIpc) is 3.09. The molecule has 3 atom stereocenters. The summed E-state index contributed by atoms with van der Waals surface area (Å²) in [5.41, 5.74) is 1.93. The minimum Gasteiger partial charge on any atom is -0.481 e. The van der Waals surface area contributed by atoms with Gasteiger partial charge in [0.1, 0.15) is 0 Å².